The zero-order valence-corrected chi connectivity index (χ0v) is 9.50. The molecule has 1 aromatic carbocycles. The summed E-state index contributed by atoms with van der Waals surface area (Å²) in [6.45, 7) is 1.80. The molecule has 2 saturated heterocycles. The molecule has 0 radical (unpaired) electrons. The monoisotopic (exact) mass is 219 g/mol. The molecule has 3 atom stereocenters. The smallest absolute Gasteiger partial charge is 0.113 e. The lowest BCUT2D eigenvalue weighted by atomic mass is 10.1. The number of rotatable bonds is 2. The summed E-state index contributed by atoms with van der Waals surface area (Å²) >= 11 is 0. The Morgan fingerprint density at radius 2 is 2.12 bits per heavy atom. The molecule has 2 aliphatic rings. The topological polar surface area (TPSA) is 21.7 Å². The molecule has 0 aliphatic carbocycles. The third kappa shape index (κ3) is 1.65. The van der Waals surface area contributed by atoms with E-state index in [2.05, 4.69) is 35.2 Å². The first-order valence-corrected chi connectivity index (χ1v) is 5.83. The quantitative estimate of drug-likeness (QED) is 0.757. The Kier molecular flexibility index (Phi) is 2.67. The van der Waals surface area contributed by atoms with E-state index in [4.69, 9.17) is 9.47 Å². The lowest BCUT2D eigenvalue weighted by Crippen LogP contribution is -2.27. The molecule has 3 rings (SSSR count). The normalized spacial score (nSPS) is 34.2. The fourth-order valence-electron chi connectivity index (χ4n) is 2.71. The van der Waals surface area contributed by atoms with Crippen molar-refractivity contribution in [3.05, 3.63) is 35.9 Å². The van der Waals surface area contributed by atoms with Crippen molar-refractivity contribution >= 4 is 0 Å². The Morgan fingerprint density at radius 1 is 1.31 bits per heavy atom. The first-order valence-electron chi connectivity index (χ1n) is 5.83. The highest BCUT2D eigenvalue weighted by molar-refractivity contribution is 5.20. The van der Waals surface area contributed by atoms with Gasteiger partial charge in [0.05, 0.1) is 18.8 Å². The van der Waals surface area contributed by atoms with Gasteiger partial charge in [0.25, 0.3) is 0 Å². The predicted molar refractivity (Wildman–Crippen MR) is 61.0 cm³/mol. The number of hydrogen-bond donors (Lipinski definition) is 0. The van der Waals surface area contributed by atoms with Gasteiger partial charge in [0.1, 0.15) is 6.23 Å². The van der Waals surface area contributed by atoms with Crippen LogP contribution in [-0.4, -0.2) is 37.5 Å². The Labute approximate surface area is 96.0 Å². The van der Waals surface area contributed by atoms with Gasteiger partial charge in [-0.3, -0.25) is 4.90 Å². The lowest BCUT2D eigenvalue weighted by molar-refractivity contribution is 0.0495. The van der Waals surface area contributed by atoms with Crippen LogP contribution < -0.4 is 0 Å². The number of nitrogens with zero attached hydrogens (tertiary/aromatic N) is 1. The van der Waals surface area contributed by atoms with Gasteiger partial charge in [0, 0.05) is 20.1 Å². The summed E-state index contributed by atoms with van der Waals surface area (Å²) in [5, 5.41) is 0. The summed E-state index contributed by atoms with van der Waals surface area (Å²) in [4.78, 5) is 2.42. The van der Waals surface area contributed by atoms with E-state index in [0.29, 0.717) is 12.1 Å². The maximum atomic E-state index is 5.82. The molecular weight excluding hydrogens is 202 g/mol. The van der Waals surface area contributed by atoms with Gasteiger partial charge in [-0.2, -0.15) is 0 Å². The van der Waals surface area contributed by atoms with Crippen LogP contribution in [0.1, 0.15) is 18.0 Å². The van der Waals surface area contributed by atoms with E-state index < -0.39 is 0 Å². The molecule has 0 bridgehead atoms. The SMILES string of the molecule is COC1C[C@H]2OC[C@H](c3ccccc3)N2C1. The summed E-state index contributed by atoms with van der Waals surface area (Å²) in [5.74, 6) is 0. The molecule has 1 aromatic rings. The predicted octanol–water partition coefficient (Wildman–Crippen LogP) is 1.80. The zero-order chi connectivity index (χ0) is 11.0. The highest BCUT2D eigenvalue weighted by atomic mass is 16.5. The minimum Gasteiger partial charge on any atom is -0.380 e. The first-order chi connectivity index (χ1) is 7.88. The summed E-state index contributed by atoms with van der Waals surface area (Å²) in [7, 11) is 1.78. The van der Waals surface area contributed by atoms with Gasteiger partial charge in [-0.25, -0.2) is 0 Å². The molecule has 1 unspecified atom stereocenters. The van der Waals surface area contributed by atoms with Gasteiger partial charge in [-0.05, 0) is 5.56 Å². The maximum Gasteiger partial charge on any atom is 0.113 e. The van der Waals surface area contributed by atoms with Crippen LogP contribution in [0.25, 0.3) is 0 Å². The van der Waals surface area contributed by atoms with Crippen LogP contribution in [0, 0.1) is 0 Å². The second-order valence-electron chi connectivity index (χ2n) is 4.50. The summed E-state index contributed by atoms with van der Waals surface area (Å²) in [6.07, 6.45) is 1.59. The van der Waals surface area contributed by atoms with E-state index in [0.717, 1.165) is 19.6 Å². The minimum atomic E-state index is 0.259. The second-order valence-corrected chi connectivity index (χ2v) is 4.50. The third-order valence-electron chi connectivity index (χ3n) is 3.61. The van der Waals surface area contributed by atoms with Crippen molar-refractivity contribution in [3.63, 3.8) is 0 Å². The number of hydrogen-bond acceptors (Lipinski definition) is 3. The Balaban J connectivity index is 1.79. The van der Waals surface area contributed by atoms with Gasteiger partial charge in [0.2, 0.25) is 0 Å². The van der Waals surface area contributed by atoms with Crippen LogP contribution in [0.3, 0.4) is 0 Å². The molecule has 2 fully saturated rings. The molecular formula is C13H17NO2. The average molecular weight is 219 g/mol. The molecule has 3 heteroatoms. The summed E-state index contributed by atoms with van der Waals surface area (Å²) in [5.41, 5.74) is 1.35. The van der Waals surface area contributed by atoms with Gasteiger partial charge >= 0.3 is 0 Å². The molecule has 3 nitrogen and oxygen atoms in total. The summed E-state index contributed by atoms with van der Waals surface area (Å²) in [6, 6.07) is 11.0. The molecule has 2 aliphatic heterocycles. The zero-order valence-electron chi connectivity index (χ0n) is 9.50. The number of benzene rings is 1. The van der Waals surface area contributed by atoms with Gasteiger partial charge < -0.3 is 9.47 Å². The lowest BCUT2D eigenvalue weighted by Gasteiger charge is -2.21. The van der Waals surface area contributed by atoms with Crippen LogP contribution in [0.15, 0.2) is 30.3 Å². The van der Waals surface area contributed by atoms with E-state index in [9.17, 15) is 0 Å². The molecule has 0 saturated carbocycles. The molecule has 86 valence electrons. The number of methoxy groups -OCH3 is 1. The van der Waals surface area contributed by atoms with Crippen molar-refractivity contribution in [2.75, 3.05) is 20.3 Å². The van der Waals surface area contributed by atoms with Crippen molar-refractivity contribution in [1.29, 1.82) is 0 Å². The summed E-state index contributed by atoms with van der Waals surface area (Å²) < 4.78 is 11.2. The fraction of sp³-hybridized carbons (Fsp3) is 0.538. The Hall–Kier alpha value is -0.900. The highest BCUT2D eigenvalue weighted by Gasteiger charge is 2.42. The van der Waals surface area contributed by atoms with Crippen molar-refractivity contribution < 1.29 is 9.47 Å². The van der Waals surface area contributed by atoms with Crippen molar-refractivity contribution in [1.82, 2.24) is 4.90 Å². The van der Waals surface area contributed by atoms with Gasteiger partial charge in [-0.15, -0.1) is 0 Å². The van der Waals surface area contributed by atoms with Gasteiger partial charge in [0.15, 0.2) is 0 Å². The molecule has 16 heavy (non-hydrogen) atoms. The molecule has 0 amide bonds. The van der Waals surface area contributed by atoms with E-state index in [-0.39, 0.29) is 6.23 Å². The molecule has 0 spiro atoms. The Bertz CT molecular complexity index is 354. The van der Waals surface area contributed by atoms with E-state index in [1.807, 2.05) is 0 Å². The standard InChI is InChI=1S/C13H17NO2/c1-15-11-7-13-14(8-11)12(9-16-13)10-5-3-2-4-6-10/h2-6,11-13H,7-9H2,1H3/t11?,12-,13-/m1/s1. The highest BCUT2D eigenvalue weighted by Crippen LogP contribution is 2.36. The van der Waals surface area contributed by atoms with E-state index in [1.54, 1.807) is 7.11 Å². The second kappa shape index (κ2) is 4.17. The van der Waals surface area contributed by atoms with Crippen molar-refractivity contribution in [3.8, 4) is 0 Å². The van der Waals surface area contributed by atoms with Crippen LogP contribution >= 0.6 is 0 Å². The molecule has 0 aromatic heterocycles. The largest absolute Gasteiger partial charge is 0.380 e. The maximum absolute atomic E-state index is 5.82. The fourth-order valence-corrected chi connectivity index (χ4v) is 2.71. The minimum absolute atomic E-state index is 0.259. The third-order valence-corrected chi connectivity index (χ3v) is 3.61. The molecule has 2 heterocycles. The number of ether oxygens (including phenoxy) is 2. The van der Waals surface area contributed by atoms with Gasteiger partial charge in [-0.1, -0.05) is 30.3 Å². The Morgan fingerprint density at radius 3 is 2.88 bits per heavy atom. The van der Waals surface area contributed by atoms with Crippen LogP contribution in [0.5, 0.6) is 0 Å². The van der Waals surface area contributed by atoms with Crippen molar-refractivity contribution in [2.24, 2.45) is 0 Å². The van der Waals surface area contributed by atoms with Crippen molar-refractivity contribution in [2.45, 2.75) is 24.8 Å². The van der Waals surface area contributed by atoms with Crippen LogP contribution in [0.4, 0.5) is 0 Å². The van der Waals surface area contributed by atoms with Crippen LogP contribution in [-0.2, 0) is 9.47 Å². The average Bonchev–Trinajstić information content (AvgIpc) is 2.88. The number of fused-ring (bicyclic) bond motifs is 1. The van der Waals surface area contributed by atoms with E-state index in [1.165, 1.54) is 5.56 Å². The van der Waals surface area contributed by atoms with E-state index >= 15 is 0 Å². The molecule has 0 N–H and O–H groups in total. The first kappa shape index (κ1) is 10.3. The van der Waals surface area contributed by atoms with Crippen LogP contribution in [0.2, 0.25) is 0 Å².